The number of thiophene rings is 1. The highest BCUT2D eigenvalue weighted by molar-refractivity contribution is 7.09. The first kappa shape index (κ1) is 15.8. The summed E-state index contributed by atoms with van der Waals surface area (Å²) in [6, 6.07) is 22.8. The average Bonchev–Trinajstić information content (AvgIpc) is 3.39. The summed E-state index contributed by atoms with van der Waals surface area (Å²) < 4.78 is 0. The van der Waals surface area contributed by atoms with Crippen LogP contribution in [-0.2, 0) is 18.4 Å². The zero-order valence-corrected chi connectivity index (χ0v) is 16.5. The fourth-order valence-electron chi connectivity index (χ4n) is 6.41. The third-order valence-electron chi connectivity index (χ3n) is 7.35. The SMILES string of the molecule is CN1c2ccccc2[C@@]23CCC[C@@]12N(Cc1cccs1)c1ccccc1C3. The van der Waals surface area contributed by atoms with Crippen molar-refractivity contribution in [2.75, 3.05) is 16.8 Å². The average molecular weight is 373 g/mol. The van der Waals surface area contributed by atoms with Crippen LogP contribution in [0.15, 0.2) is 66.0 Å². The van der Waals surface area contributed by atoms with Crippen LogP contribution in [0.4, 0.5) is 11.4 Å². The lowest BCUT2D eigenvalue weighted by atomic mass is 9.66. The Morgan fingerprint density at radius 1 is 0.926 bits per heavy atom. The van der Waals surface area contributed by atoms with E-state index in [0.29, 0.717) is 0 Å². The molecule has 2 aliphatic heterocycles. The molecule has 2 atom stereocenters. The summed E-state index contributed by atoms with van der Waals surface area (Å²) in [5, 5.41) is 2.21. The normalized spacial score (nSPS) is 27.9. The minimum atomic E-state index is 0.0506. The number of fused-ring (bicyclic) bond motifs is 2. The Bertz CT molecular complexity index is 1010. The minimum Gasteiger partial charge on any atom is -0.351 e. The van der Waals surface area contributed by atoms with Gasteiger partial charge in [0.05, 0.1) is 6.54 Å². The Balaban J connectivity index is 1.63. The number of hydrogen-bond acceptors (Lipinski definition) is 3. The molecule has 27 heavy (non-hydrogen) atoms. The van der Waals surface area contributed by atoms with E-state index < -0.39 is 0 Å². The molecule has 0 spiro atoms. The Morgan fingerprint density at radius 3 is 2.59 bits per heavy atom. The summed E-state index contributed by atoms with van der Waals surface area (Å²) in [4.78, 5) is 6.83. The molecule has 0 radical (unpaired) electrons. The summed E-state index contributed by atoms with van der Waals surface area (Å²) >= 11 is 1.88. The van der Waals surface area contributed by atoms with Crippen molar-refractivity contribution in [3.8, 4) is 0 Å². The second kappa shape index (κ2) is 5.39. The van der Waals surface area contributed by atoms with Gasteiger partial charge in [0.2, 0.25) is 0 Å². The fraction of sp³-hybridized carbons (Fsp3) is 0.333. The number of anilines is 2. The third-order valence-corrected chi connectivity index (χ3v) is 8.21. The Hall–Kier alpha value is -2.26. The van der Waals surface area contributed by atoms with Crippen LogP contribution in [0, 0.1) is 0 Å². The van der Waals surface area contributed by atoms with Gasteiger partial charge in [-0.1, -0.05) is 42.5 Å². The molecule has 1 aliphatic carbocycles. The van der Waals surface area contributed by atoms with Gasteiger partial charge >= 0.3 is 0 Å². The van der Waals surface area contributed by atoms with Gasteiger partial charge < -0.3 is 9.80 Å². The van der Waals surface area contributed by atoms with E-state index in [0.717, 1.165) is 13.0 Å². The Labute approximate surface area is 165 Å². The van der Waals surface area contributed by atoms with Crippen LogP contribution in [0.3, 0.4) is 0 Å². The summed E-state index contributed by atoms with van der Waals surface area (Å²) in [5.74, 6) is 0. The molecule has 2 aromatic carbocycles. The standard InChI is InChI=1S/C24H24N2S/c1-25-22-12-5-3-10-20(22)23-13-7-14-24(23,25)26(17-19-9-6-15-27-19)21-11-4-2-8-18(21)16-23/h2-6,8-12,15H,7,13-14,16-17H2,1H3/t23-,24-/m0/s1. The first-order valence-electron chi connectivity index (χ1n) is 9.98. The molecule has 0 amide bonds. The summed E-state index contributed by atoms with van der Waals surface area (Å²) in [7, 11) is 2.33. The molecule has 1 aromatic heterocycles. The maximum atomic E-state index is 2.75. The highest BCUT2D eigenvalue weighted by Gasteiger charge is 2.67. The molecule has 1 fully saturated rings. The Kier molecular flexibility index (Phi) is 3.14. The van der Waals surface area contributed by atoms with Crippen molar-refractivity contribution in [3.05, 3.63) is 82.0 Å². The van der Waals surface area contributed by atoms with E-state index in [2.05, 4.69) is 82.9 Å². The molecule has 3 aliphatic rings. The van der Waals surface area contributed by atoms with E-state index in [-0.39, 0.29) is 11.1 Å². The number of para-hydroxylation sites is 2. The molecule has 3 heterocycles. The molecule has 0 unspecified atom stereocenters. The first-order valence-corrected chi connectivity index (χ1v) is 10.9. The fourth-order valence-corrected chi connectivity index (χ4v) is 7.10. The van der Waals surface area contributed by atoms with Crippen LogP contribution in [0.5, 0.6) is 0 Å². The molecule has 1 saturated carbocycles. The third kappa shape index (κ3) is 1.81. The van der Waals surface area contributed by atoms with Crippen molar-refractivity contribution in [1.29, 1.82) is 0 Å². The van der Waals surface area contributed by atoms with E-state index in [1.54, 1.807) is 5.56 Å². The summed E-state index contributed by atoms with van der Waals surface area (Å²) in [6.07, 6.45) is 4.97. The zero-order chi connectivity index (χ0) is 18.1. The van der Waals surface area contributed by atoms with Gasteiger partial charge in [0.1, 0.15) is 5.66 Å². The number of rotatable bonds is 2. The molecule has 2 nitrogen and oxygen atoms in total. The molecule has 0 bridgehead atoms. The predicted molar refractivity (Wildman–Crippen MR) is 114 cm³/mol. The van der Waals surface area contributed by atoms with Gasteiger partial charge in [0.25, 0.3) is 0 Å². The lowest BCUT2D eigenvalue weighted by molar-refractivity contribution is 0.240. The number of likely N-dealkylation sites (N-methyl/N-ethyl adjacent to an activating group) is 1. The van der Waals surface area contributed by atoms with Crippen LogP contribution in [0.2, 0.25) is 0 Å². The van der Waals surface area contributed by atoms with Crippen LogP contribution >= 0.6 is 11.3 Å². The zero-order valence-electron chi connectivity index (χ0n) is 15.7. The van der Waals surface area contributed by atoms with E-state index >= 15 is 0 Å². The Morgan fingerprint density at radius 2 is 1.74 bits per heavy atom. The molecular formula is C24H24N2S. The second-order valence-electron chi connectivity index (χ2n) is 8.30. The molecule has 3 heteroatoms. The molecule has 6 rings (SSSR count). The van der Waals surface area contributed by atoms with E-state index in [1.807, 2.05) is 11.3 Å². The minimum absolute atomic E-state index is 0.0506. The quantitative estimate of drug-likeness (QED) is 0.579. The molecule has 136 valence electrons. The van der Waals surface area contributed by atoms with Gasteiger partial charge in [-0.25, -0.2) is 0 Å². The van der Waals surface area contributed by atoms with Gasteiger partial charge in [-0.05, 0) is 60.4 Å². The van der Waals surface area contributed by atoms with E-state index in [9.17, 15) is 0 Å². The number of hydrogen-bond donors (Lipinski definition) is 0. The predicted octanol–water partition coefficient (Wildman–Crippen LogP) is 5.58. The topological polar surface area (TPSA) is 6.48 Å². The van der Waals surface area contributed by atoms with Crippen molar-refractivity contribution in [2.45, 2.75) is 43.3 Å². The number of benzene rings is 2. The molecule has 3 aromatic rings. The highest BCUT2D eigenvalue weighted by Crippen LogP contribution is 2.65. The maximum absolute atomic E-state index is 2.75. The van der Waals surface area contributed by atoms with Gasteiger partial charge in [0.15, 0.2) is 0 Å². The van der Waals surface area contributed by atoms with Crippen molar-refractivity contribution in [1.82, 2.24) is 0 Å². The number of nitrogens with zero attached hydrogens (tertiary/aromatic N) is 2. The van der Waals surface area contributed by atoms with Gasteiger partial charge in [-0.2, -0.15) is 0 Å². The summed E-state index contributed by atoms with van der Waals surface area (Å²) in [6.45, 7) is 0.995. The molecule has 0 saturated heterocycles. The molecular weight excluding hydrogens is 348 g/mol. The van der Waals surface area contributed by atoms with Crippen LogP contribution in [0.1, 0.15) is 35.3 Å². The van der Waals surface area contributed by atoms with E-state index in [4.69, 9.17) is 0 Å². The summed E-state index contributed by atoms with van der Waals surface area (Å²) in [5.41, 5.74) is 6.19. The van der Waals surface area contributed by atoms with E-state index in [1.165, 1.54) is 41.1 Å². The van der Waals surface area contributed by atoms with Gasteiger partial charge in [0, 0.05) is 28.7 Å². The van der Waals surface area contributed by atoms with Crippen LogP contribution in [-0.4, -0.2) is 12.7 Å². The van der Waals surface area contributed by atoms with Gasteiger partial charge in [-0.15, -0.1) is 11.3 Å². The lowest BCUT2D eigenvalue weighted by Gasteiger charge is -2.57. The molecule has 0 N–H and O–H groups in total. The van der Waals surface area contributed by atoms with Crippen molar-refractivity contribution < 1.29 is 0 Å². The maximum Gasteiger partial charge on any atom is 0.123 e. The van der Waals surface area contributed by atoms with Crippen LogP contribution < -0.4 is 9.80 Å². The second-order valence-corrected chi connectivity index (χ2v) is 9.33. The van der Waals surface area contributed by atoms with Crippen molar-refractivity contribution >= 4 is 22.7 Å². The van der Waals surface area contributed by atoms with Crippen molar-refractivity contribution in [2.24, 2.45) is 0 Å². The highest BCUT2D eigenvalue weighted by atomic mass is 32.1. The lowest BCUT2D eigenvalue weighted by Crippen LogP contribution is -2.67. The van der Waals surface area contributed by atoms with Crippen LogP contribution in [0.25, 0.3) is 0 Å². The van der Waals surface area contributed by atoms with Gasteiger partial charge in [-0.3, -0.25) is 0 Å². The first-order chi connectivity index (χ1) is 13.3. The monoisotopic (exact) mass is 372 g/mol. The largest absolute Gasteiger partial charge is 0.351 e. The smallest absolute Gasteiger partial charge is 0.123 e. The van der Waals surface area contributed by atoms with Crippen molar-refractivity contribution in [3.63, 3.8) is 0 Å².